The molecule has 0 bridgehead atoms. The summed E-state index contributed by atoms with van der Waals surface area (Å²) in [5.74, 6) is 0. The van der Waals surface area contributed by atoms with Crippen LogP contribution in [0, 0.1) is 0 Å². The predicted molar refractivity (Wildman–Crippen MR) is 67.5 cm³/mol. The SMILES string of the molecule is Cn1nncc1CNc1cccc(Cl)c1Br. The third kappa shape index (κ3) is 2.36. The summed E-state index contributed by atoms with van der Waals surface area (Å²) in [6.45, 7) is 0.655. The van der Waals surface area contributed by atoms with Gasteiger partial charge in [-0.1, -0.05) is 22.9 Å². The fourth-order valence-corrected chi connectivity index (χ4v) is 1.88. The molecule has 0 atom stereocenters. The Morgan fingerprint density at radius 1 is 1.50 bits per heavy atom. The molecule has 0 aliphatic rings. The molecule has 16 heavy (non-hydrogen) atoms. The quantitative estimate of drug-likeness (QED) is 0.948. The molecule has 2 aromatic rings. The molecule has 0 amide bonds. The van der Waals surface area contributed by atoms with Crippen molar-refractivity contribution in [3.8, 4) is 0 Å². The molecule has 1 aromatic heterocycles. The molecular formula is C10H10BrClN4. The molecule has 0 aliphatic heterocycles. The lowest BCUT2D eigenvalue weighted by atomic mass is 10.3. The summed E-state index contributed by atoms with van der Waals surface area (Å²) in [4.78, 5) is 0. The Morgan fingerprint density at radius 3 is 3.00 bits per heavy atom. The second-order valence-corrected chi connectivity index (χ2v) is 4.50. The van der Waals surface area contributed by atoms with Gasteiger partial charge in [0.1, 0.15) is 0 Å². The molecule has 84 valence electrons. The number of hydrogen-bond acceptors (Lipinski definition) is 3. The maximum absolute atomic E-state index is 5.99. The van der Waals surface area contributed by atoms with Gasteiger partial charge in [0.2, 0.25) is 0 Å². The normalized spacial score (nSPS) is 10.4. The fourth-order valence-electron chi connectivity index (χ4n) is 1.30. The Bertz CT molecular complexity index is 497. The minimum atomic E-state index is 0.655. The Labute approximate surface area is 107 Å². The van der Waals surface area contributed by atoms with Crippen LogP contribution < -0.4 is 5.32 Å². The monoisotopic (exact) mass is 300 g/mol. The summed E-state index contributed by atoms with van der Waals surface area (Å²) < 4.78 is 2.60. The van der Waals surface area contributed by atoms with E-state index in [2.05, 4.69) is 31.6 Å². The van der Waals surface area contributed by atoms with Gasteiger partial charge in [0.15, 0.2) is 0 Å². The summed E-state index contributed by atoms with van der Waals surface area (Å²) in [7, 11) is 1.86. The zero-order valence-electron chi connectivity index (χ0n) is 8.61. The summed E-state index contributed by atoms with van der Waals surface area (Å²) in [5, 5.41) is 11.6. The summed E-state index contributed by atoms with van der Waals surface area (Å²) in [5.41, 5.74) is 1.96. The van der Waals surface area contributed by atoms with Gasteiger partial charge in [-0.3, -0.25) is 4.68 Å². The standard InChI is InChI=1S/C10H10BrClN4/c1-16-7(6-14-15-16)5-13-9-4-2-3-8(12)10(9)11/h2-4,6,13H,5H2,1H3. The Balaban J connectivity index is 2.11. The van der Waals surface area contributed by atoms with E-state index in [1.807, 2.05) is 25.2 Å². The molecule has 6 heteroatoms. The van der Waals surface area contributed by atoms with E-state index >= 15 is 0 Å². The molecule has 0 radical (unpaired) electrons. The van der Waals surface area contributed by atoms with Crippen LogP contribution in [0.25, 0.3) is 0 Å². The smallest absolute Gasteiger partial charge is 0.0774 e. The highest BCUT2D eigenvalue weighted by Crippen LogP contribution is 2.30. The van der Waals surface area contributed by atoms with Crippen molar-refractivity contribution in [3.05, 3.63) is 39.6 Å². The van der Waals surface area contributed by atoms with Crippen molar-refractivity contribution in [2.75, 3.05) is 5.32 Å². The van der Waals surface area contributed by atoms with Crippen LogP contribution in [0.15, 0.2) is 28.9 Å². The number of nitrogens with one attached hydrogen (secondary N) is 1. The van der Waals surface area contributed by atoms with Crippen LogP contribution >= 0.6 is 27.5 Å². The number of halogens is 2. The van der Waals surface area contributed by atoms with Crippen molar-refractivity contribution in [2.24, 2.45) is 7.05 Å². The van der Waals surface area contributed by atoms with Gasteiger partial charge in [-0.15, -0.1) is 5.10 Å². The maximum atomic E-state index is 5.99. The second-order valence-electron chi connectivity index (χ2n) is 3.30. The first-order chi connectivity index (χ1) is 7.68. The van der Waals surface area contributed by atoms with Gasteiger partial charge in [0.05, 0.1) is 33.6 Å². The number of nitrogens with zero attached hydrogens (tertiary/aromatic N) is 3. The molecule has 0 spiro atoms. The lowest BCUT2D eigenvalue weighted by Crippen LogP contribution is -2.05. The fraction of sp³-hybridized carbons (Fsp3) is 0.200. The molecule has 1 N–H and O–H groups in total. The van der Waals surface area contributed by atoms with Gasteiger partial charge < -0.3 is 5.32 Å². The van der Waals surface area contributed by atoms with Crippen molar-refractivity contribution >= 4 is 33.2 Å². The molecule has 0 saturated carbocycles. The van der Waals surface area contributed by atoms with E-state index in [0.29, 0.717) is 11.6 Å². The van der Waals surface area contributed by atoms with Crippen molar-refractivity contribution < 1.29 is 0 Å². The van der Waals surface area contributed by atoms with Gasteiger partial charge in [-0.2, -0.15) is 0 Å². The van der Waals surface area contributed by atoms with E-state index in [1.54, 1.807) is 10.9 Å². The van der Waals surface area contributed by atoms with E-state index in [-0.39, 0.29) is 0 Å². The van der Waals surface area contributed by atoms with Gasteiger partial charge in [-0.05, 0) is 28.1 Å². The number of benzene rings is 1. The van der Waals surface area contributed by atoms with E-state index in [9.17, 15) is 0 Å². The molecule has 1 aromatic carbocycles. The third-order valence-electron chi connectivity index (χ3n) is 2.22. The van der Waals surface area contributed by atoms with Crippen LogP contribution in [0.5, 0.6) is 0 Å². The zero-order chi connectivity index (χ0) is 11.5. The van der Waals surface area contributed by atoms with Crippen molar-refractivity contribution in [1.82, 2.24) is 15.0 Å². The first-order valence-electron chi connectivity index (χ1n) is 4.70. The number of aryl methyl sites for hydroxylation is 1. The maximum Gasteiger partial charge on any atom is 0.0774 e. The van der Waals surface area contributed by atoms with Crippen molar-refractivity contribution in [2.45, 2.75) is 6.54 Å². The summed E-state index contributed by atoms with van der Waals surface area (Å²) in [6.07, 6.45) is 1.73. The topological polar surface area (TPSA) is 42.7 Å². The average molecular weight is 302 g/mol. The van der Waals surface area contributed by atoms with Gasteiger partial charge >= 0.3 is 0 Å². The predicted octanol–water partition coefficient (Wildman–Crippen LogP) is 2.84. The molecule has 0 aliphatic carbocycles. The zero-order valence-corrected chi connectivity index (χ0v) is 11.0. The van der Waals surface area contributed by atoms with Crippen LogP contribution in [0.1, 0.15) is 5.69 Å². The highest BCUT2D eigenvalue weighted by molar-refractivity contribution is 9.10. The minimum absolute atomic E-state index is 0.655. The lowest BCUT2D eigenvalue weighted by molar-refractivity contribution is 0.683. The van der Waals surface area contributed by atoms with Gasteiger partial charge in [-0.25, -0.2) is 0 Å². The Hall–Kier alpha value is -1.07. The van der Waals surface area contributed by atoms with Crippen LogP contribution in [-0.4, -0.2) is 15.0 Å². The van der Waals surface area contributed by atoms with Crippen molar-refractivity contribution in [1.29, 1.82) is 0 Å². The molecule has 1 heterocycles. The molecule has 0 unspecified atom stereocenters. The molecule has 0 fully saturated rings. The number of anilines is 1. The highest BCUT2D eigenvalue weighted by atomic mass is 79.9. The van der Waals surface area contributed by atoms with Crippen LogP contribution in [-0.2, 0) is 13.6 Å². The first-order valence-corrected chi connectivity index (χ1v) is 5.87. The highest BCUT2D eigenvalue weighted by Gasteiger charge is 2.04. The van der Waals surface area contributed by atoms with E-state index in [0.717, 1.165) is 15.9 Å². The van der Waals surface area contributed by atoms with Crippen LogP contribution in [0.4, 0.5) is 5.69 Å². The van der Waals surface area contributed by atoms with E-state index < -0.39 is 0 Å². The van der Waals surface area contributed by atoms with E-state index in [4.69, 9.17) is 11.6 Å². The van der Waals surface area contributed by atoms with Gasteiger partial charge in [0, 0.05) is 7.05 Å². The first kappa shape index (κ1) is 11.4. The Morgan fingerprint density at radius 2 is 2.31 bits per heavy atom. The number of rotatable bonds is 3. The third-order valence-corrected chi connectivity index (χ3v) is 3.62. The molecular weight excluding hydrogens is 291 g/mol. The van der Waals surface area contributed by atoms with Crippen LogP contribution in [0.3, 0.4) is 0 Å². The molecule has 2 rings (SSSR count). The Kier molecular flexibility index (Phi) is 3.46. The van der Waals surface area contributed by atoms with E-state index in [1.165, 1.54) is 0 Å². The molecule has 4 nitrogen and oxygen atoms in total. The number of aromatic nitrogens is 3. The van der Waals surface area contributed by atoms with Crippen LogP contribution in [0.2, 0.25) is 5.02 Å². The van der Waals surface area contributed by atoms with Crippen molar-refractivity contribution in [3.63, 3.8) is 0 Å². The number of hydrogen-bond donors (Lipinski definition) is 1. The summed E-state index contributed by atoms with van der Waals surface area (Å²) in [6, 6.07) is 5.69. The molecule has 0 saturated heterocycles. The lowest BCUT2D eigenvalue weighted by Gasteiger charge is -2.08. The second kappa shape index (κ2) is 4.84. The largest absolute Gasteiger partial charge is 0.378 e. The summed E-state index contributed by atoms with van der Waals surface area (Å²) >= 11 is 9.42. The average Bonchev–Trinajstić information content (AvgIpc) is 2.67. The minimum Gasteiger partial charge on any atom is -0.378 e. The van der Waals surface area contributed by atoms with Gasteiger partial charge in [0.25, 0.3) is 0 Å².